The zero-order chi connectivity index (χ0) is 11.5. The number of carboxylic acids is 1. The predicted octanol–water partition coefficient (Wildman–Crippen LogP) is 1.74. The van der Waals surface area contributed by atoms with Crippen molar-refractivity contribution >= 4 is 5.97 Å². The van der Waals surface area contributed by atoms with E-state index < -0.39 is 5.97 Å². The number of pyridine rings is 1. The van der Waals surface area contributed by atoms with Crippen molar-refractivity contribution in [2.75, 3.05) is 0 Å². The maximum atomic E-state index is 11.7. The molecule has 1 aromatic heterocycles. The molecule has 0 radical (unpaired) electrons. The Morgan fingerprint density at radius 1 is 1.12 bits per heavy atom. The molecule has 0 atom stereocenters. The van der Waals surface area contributed by atoms with Crippen LogP contribution in [0, 0.1) is 0 Å². The van der Waals surface area contributed by atoms with Crippen LogP contribution in [0.1, 0.15) is 10.5 Å². The smallest absolute Gasteiger partial charge is 0.353 e. The van der Waals surface area contributed by atoms with Gasteiger partial charge in [0.2, 0.25) is 0 Å². The van der Waals surface area contributed by atoms with E-state index in [4.69, 9.17) is 5.11 Å². The summed E-state index contributed by atoms with van der Waals surface area (Å²) in [7, 11) is 0. The summed E-state index contributed by atoms with van der Waals surface area (Å²) in [6, 6.07) is 10.0. The van der Waals surface area contributed by atoms with Crippen LogP contribution in [0.2, 0.25) is 0 Å². The number of H-pyrrole nitrogens is 1. The van der Waals surface area contributed by atoms with Gasteiger partial charge >= 0.3 is 5.97 Å². The third kappa shape index (κ3) is 1.72. The van der Waals surface area contributed by atoms with Gasteiger partial charge in [-0.3, -0.25) is 4.79 Å². The van der Waals surface area contributed by atoms with Crippen molar-refractivity contribution in [2.45, 2.75) is 0 Å². The number of rotatable bonds is 2. The van der Waals surface area contributed by atoms with Crippen LogP contribution in [0.25, 0.3) is 11.1 Å². The van der Waals surface area contributed by atoms with Gasteiger partial charge in [0.1, 0.15) is 5.69 Å². The molecule has 4 heteroatoms. The Morgan fingerprint density at radius 2 is 1.81 bits per heavy atom. The van der Waals surface area contributed by atoms with Crippen molar-refractivity contribution < 1.29 is 9.90 Å². The average molecular weight is 215 g/mol. The molecule has 0 bridgehead atoms. The van der Waals surface area contributed by atoms with Crippen molar-refractivity contribution in [1.29, 1.82) is 0 Å². The predicted molar refractivity (Wildman–Crippen MR) is 59.5 cm³/mol. The number of carbonyl (C=O) groups is 1. The lowest BCUT2D eigenvalue weighted by atomic mass is 10.0. The minimum Gasteiger partial charge on any atom is -0.477 e. The number of nitrogens with one attached hydrogen (secondary N) is 1. The van der Waals surface area contributed by atoms with Gasteiger partial charge in [-0.15, -0.1) is 0 Å². The van der Waals surface area contributed by atoms with E-state index in [1.54, 1.807) is 30.3 Å². The van der Waals surface area contributed by atoms with Gasteiger partial charge < -0.3 is 10.1 Å². The molecule has 0 amide bonds. The standard InChI is InChI=1S/C12H9NO3/c14-9-6-7-13-11(12(15)16)10(9)8-4-2-1-3-5-8/h1-7H,(H,13,14)(H,15,16). The molecule has 16 heavy (non-hydrogen) atoms. The number of hydrogen-bond acceptors (Lipinski definition) is 2. The Bertz CT molecular complexity index is 572. The SMILES string of the molecule is O=C(O)c1[nH]ccc(=O)c1-c1ccccc1. The van der Waals surface area contributed by atoms with Crippen LogP contribution in [0.15, 0.2) is 47.4 Å². The average Bonchev–Trinajstić information content (AvgIpc) is 2.29. The number of carboxylic acid groups (broad SMARTS) is 1. The molecule has 4 nitrogen and oxygen atoms in total. The summed E-state index contributed by atoms with van der Waals surface area (Å²) < 4.78 is 0. The largest absolute Gasteiger partial charge is 0.477 e. The van der Waals surface area contributed by atoms with Gasteiger partial charge in [-0.1, -0.05) is 30.3 Å². The fraction of sp³-hybridized carbons (Fsp3) is 0. The Kier molecular flexibility index (Phi) is 2.55. The molecule has 0 aliphatic carbocycles. The highest BCUT2D eigenvalue weighted by atomic mass is 16.4. The lowest BCUT2D eigenvalue weighted by Gasteiger charge is -2.04. The van der Waals surface area contributed by atoms with Crippen LogP contribution < -0.4 is 5.43 Å². The summed E-state index contributed by atoms with van der Waals surface area (Å²) in [4.78, 5) is 25.2. The zero-order valence-electron chi connectivity index (χ0n) is 8.31. The number of benzene rings is 1. The first-order chi connectivity index (χ1) is 7.70. The summed E-state index contributed by atoms with van der Waals surface area (Å²) in [5.41, 5.74) is 0.401. The Balaban J connectivity index is 2.74. The van der Waals surface area contributed by atoms with E-state index in [0.717, 1.165) is 0 Å². The van der Waals surface area contributed by atoms with E-state index in [1.807, 2.05) is 0 Å². The van der Waals surface area contributed by atoms with Crippen molar-refractivity contribution in [1.82, 2.24) is 4.98 Å². The van der Waals surface area contributed by atoms with Crippen LogP contribution in [-0.4, -0.2) is 16.1 Å². The summed E-state index contributed by atoms with van der Waals surface area (Å²) >= 11 is 0. The summed E-state index contributed by atoms with van der Waals surface area (Å²) in [5.74, 6) is -1.14. The minimum absolute atomic E-state index is 0.0845. The maximum absolute atomic E-state index is 11.7. The van der Waals surface area contributed by atoms with Crippen LogP contribution in [0.5, 0.6) is 0 Å². The second kappa shape index (κ2) is 4.02. The third-order valence-corrected chi connectivity index (χ3v) is 2.24. The van der Waals surface area contributed by atoms with Crippen LogP contribution in [0.4, 0.5) is 0 Å². The molecule has 0 spiro atoms. The topological polar surface area (TPSA) is 70.2 Å². The quantitative estimate of drug-likeness (QED) is 0.801. The Hall–Kier alpha value is -2.36. The Morgan fingerprint density at radius 3 is 2.44 bits per heavy atom. The second-order valence-corrected chi connectivity index (χ2v) is 3.26. The lowest BCUT2D eigenvalue weighted by Crippen LogP contribution is -2.12. The van der Waals surface area contributed by atoms with Crippen molar-refractivity contribution in [3.63, 3.8) is 0 Å². The van der Waals surface area contributed by atoms with Crippen LogP contribution >= 0.6 is 0 Å². The molecule has 0 saturated carbocycles. The molecule has 0 aliphatic heterocycles. The number of hydrogen-bond donors (Lipinski definition) is 2. The number of aromatic amines is 1. The zero-order valence-corrected chi connectivity index (χ0v) is 8.31. The van der Waals surface area contributed by atoms with Gasteiger partial charge in [-0.2, -0.15) is 0 Å². The van der Waals surface area contributed by atoms with Gasteiger partial charge in [-0.25, -0.2) is 4.79 Å². The van der Waals surface area contributed by atoms with Gasteiger partial charge in [-0.05, 0) is 5.56 Å². The van der Waals surface area contributed by atoms with Gasteiger partial charge in [0.05, 0.1) is 5.56 Å². The fourth-order valence-electron chi connectivity index (χ4n) is 1.54. The van der Waals surface area contributed by atoms with Crippen LogP contribution in [0.3, 0.4) is 0 Å². The first-order valence-electron chi connectivity index (χ1n) is 4.70. The first kappa shape index (κ1) is 10.2. The minimum atomic E-state index is -1.14. The van der Waals surface area contributed by atoms with Crippen LogP contribution in [-0.2, 0) is 0 Å². The molecule has 0 unspecified atom stereocenters. The molecular weight excluding hydrogens is 206 g/mol. The summed E-state index contributed by atoms with van der Waals surface area (Å²) in [5, 5.41) is 8.98. The number of aromatic carboxylic acids is 1. The molecule has 0 aliphatic rings. The van der Waals surface area contributed by atoms with E-state index >= 15 is 0 Å². The molecule has 0 saturated heterocycles. The number of aromatic nitrogens is 1. The maximum Gasteiger partial charge on any atom is 0.353 e. The highest BCUT2D eigenvalue weighted by Crippen LogP contribution is 2.17. The lowest BCUT2D eigenvalue weighted by molar-refractivity contribution is 0.0691. The van der Waals surface area contributed by atoms with Gasteiger partial charge in [0.15, 0.2) is 5.43 Å². The Labute approximate surface area is 91.2 Å². The van der Waals surface area contributed by atoms with E-state index in [9.17, 15) is 9.59 Å². The summed E-state index contributed by atoms with van der Waals surface area (Å²) in [6.45, 7) is 0. The molecule has 2 aromatic rings. The van der Waals surface area contributed by atoms with E-state index in [2.05, 4.69) is 4.98 Å². The molecule has 2 N–H and O–H groups in total. The molecule has 1 heterocycles. The molecule has 80 valence electrons. The van der Waals surface area contributed by atoms with Crippen molar-refractivity contribution in [2.24, 2.45) is 0 Å². The monoisotopic (exact) mass is 215 g/mol. The highest BCUT2D eigenvalue weighted by Gasteiger charge is 2.14. The summed E-state index contributed by atoms with van der Waals surface area (Å²) in [6.07, 6.45) is 1.33. The van der Waals surface area contributed by atoms with E-state index in [0.29, 0.717) is 5.56 Å². The normalized spacial score (nSPS) is 10.0. The second-order valence-electron chi connectivity index (χ2n) is 3.26. The molecule has 1 aromatic carbocycles. The third-order valence-electron chi connectivity index (χ3n) is 2.24. The van der Waals surface area contributed by atoms with E-state index in [1.165, 1.54) is 12.3 Å². The van der Waals surface area contributed by atoms with Gasteiger partial charge in [0.25, 0.3) is 0 Å². The molecular formula is C12H9NO3. The molecule has 0 fully saturated rings. The van der Waals surface area contributed by atoms with Crippen molar-refractivity contribution in [3.05, 3.63) is 58.5 Å². The highest BCUT2D eigenvalue weighted by molar-refractivity contribution is 5.93. The fourth-order valence-corrected chi connectivity index (χ4v) is 1.54. The van der Waals surface area contributed by atoms with Gasteiger partial charge in [0, 0.05) is 12.3 Å². The van der Waals surface area contributed by atoms with E-state index in [-0.39, 0.29) is 16.7 Å². The molecule has 2 rings (SSSR count). The first-order valence-corrected chi connectivity index (χ1v) is 4.70. The van der Waals surface area contributed by atoms with Crippen molar-refractivity contribution in [3.8, 4) is 11.1 Å².